The Hall–Kier alpha value is -4.45. The summed E-state index contributed by atoms with van der Waals surface area (Å²) in [7, 11) is 0. The van der Waals surface area contributed by atoms with Gasteiger partial charge in [0, 0.05) is 23.8 Å². The molecule has 0 fully saturated rings. The van der Waals surface area contributed by atoms with Crippen molar-refractivity contribution in [1.82, 2.24) is 0 Å². The molecular formula is C26H19FO5. The average Bonchev–Trinajstić information content (AvgIpc) is 2.82. The second kappa shape index (κ2) is 10.5. The molecule has 3 rings (SSSR count). The molecule has 0 unspecified atom stereocenters. The van der Waals surface area contributed by atoms with E-state index in [-0.39, 0.29) is 5.75 Å². The van der Waals surface area contributed by atoms with E-state index in [1.807, 2.05) is 36.4 Å². The van der Waals surface area contributed by atoms with Crippen molar-refractivity contribution in [2.24, 2.45) is 0 Å². The van der Waals surface area contributed by atoms with Gasteiger partial charge in [0.05, 0.1) is 0 Å². The maximum atomic E-state index is 14.5. The highest BCUT2D eigenvalue weighted by Crippen LogP contribution is 2.29. The van der Waals surface area contributed by atoms with Crippen molar-refractivity contribution < 1.29 is 28.2 Å². The van der Waals surface area contributed by atoms with Gasteiger partial charge in [-0.25, -0.2) is 14.0 Å². The Balaban J connectivity index is 1.68. The highest BCUT2D eigenvalue weighted by atomic mass is 19.1. The first kappa shape index (κ1) is 22.2. The second-order valence-electron chi connectivity index (χ2n) is 6.40. The van der Waals surface area contributed by atoms with Crippen LogP contribution in [-0.2, 0) is 14.3 Å². The van der Waals surface area contributed by atoms with Crippen LogP contribution < -0.4 is 9.47 Å². The lowest BCUT2D eigenvalue weighted by Gasteiger charge is -2.08. The summed E-state index contributed by atoms with van der Waals surface area (Å²) in [5.74, 6) is -1.04. The third-order valence-electron chi connectivity index (χ3n) is 4.32. The summed E-state index contributed by atoms with van der Waals surface area (Å²) < 4.78 is 29.4. The lowest BCUT2D eigenvalue weighted by Crippen LogP contribution is -2.03. The summed E-state index contributed by atoms with van der Waals surface area (Å²) in [6.07, 6.45) is 4.45. The fraction of sp³-hybridized carbons (Fsp3) is 0. The molecule has 0 aliphatic carbocycles. The summed E-state index contributed by atoms with van der Waals surface area (Å²) in [6.45, 7) is 6.60. The van der Waals surface area contributed by atoms with E-state index < -0.39 is 17.8 Å². The molecule has 0 bridgehead atoms. The van der Waals surface area contributed by atoms with Crippen LogP contribution >= 0.6 is 0 Å². The van der Waals surface area contributed by atoms with Crippen LogP contribution in [0.25, 0.3) is 22.3 Å². The summed E-state index contributed by atoms with van der Waals surface area (Å²) >= 11 is 0. The highest BCUT2D eigenvalue weighted by molar-refractivity contribution is 5.83. The van der Waals surface area contributed by atoms with Crippen molar-refractivity contribution >= 4 is 11.9 Å². The largest absolute Gasteiger partial charge is 0.462 e. The molecule has 0 aliphatic heterocycles. The summed E-state index contributed by atoms with van der Waals surface area (Å²) in [5.41, 5.74) is 2.96. The van der Waals surface area contributed by atoms with Crippen molar-refractivity contribution in [3.8, 4) is 33.8 Å². The van der Waals surface area contributed by atoms with Crippen molar-refractivity contribution in [2.75, 3.05) is 0 Å². The van der Waals surface area contributed by atoms with Gasteiger partial charge in [-0.3, -0.25) is 0 Å². The van der Waals surface area contributed by atoms with Crippen LogP contribution in [0.5, 0.6) is 11.5 Å². The van der Waals surface area contributed by atoms with E-state index in [0.717, 1.165) is 35.6 Å². The molecule has 5 nitrogen and oxygen atoms in total. The minimum Gasteiger partial charge on any atom is -0.462 e. The maximum absolute atomic E-state index is 14.5. The minimum atomic E-state index is -0.648. The summed E-state index contributed by atoms with van der Waals surface area (Å²) in [4.78, 5) is 22.2. The van der Waals surface area contributed by atoms with E-state index in [4.69, 9.17) is 9.47 Å². The lowest BCUT2D eigenvalue weighted by atomic mass is 10.00. The van der Waals surface area contributed by atoms with E-state index in [9.17, 15) is 14.0 Å². The molecule has 0 N–H and O–H groups in total. The van der Waals surface area contributed by atoms with Crippen LogP contribution in [0.15, 0.2) is 105 Å². The molecule has 0 radical (unpaired) electrons. The molecule has 6 heteroatoms. The molecule has 0 amide bonds. The molecule has 3 aromatic rings. The maximum Gasteiger partial charge on any atom is 0.335 e. The van der Waals surface area contributed by atoms with Crippen LogP contribution in [0.4, 0.5) is 4.39 Å². The summed E-state index contributed by atoms with van der Waals surface area (Å²) in [5, 5.41) is 0. The molecule has 0 aromatic heterocycles. The SMILES string of the molecule is C=CC(=O)OC=COc1ccc(-c2ccc(-c3ccc(OC(=O)C=C)cc3F)cc2)cc1. The van der Waals surface area contributed by atoms with Crippen molar-refractivity contribution in [1.29, 1.82) is 0 Å². The Morgan fingerprint density at radius 2 is 1.28 bits per heavy atom. The van der Waals surface area contributed by atoms with Gasteiger partial charge in [-0.2, -0.15) is 0 Å². The van der Waals surface area contributed by atoms with Gasteiger partial charge in [0.2, 0.25) is 0 Å². The number of benzene rings is 3. The number of esters is 2. The van der Waals surface area contributed by atoms with Gasteiger partial charge < -0.3 is 14.2 Å². The Labute approximate surface area is 184 Å². The van der Waals surface area contributed by atoms with Gasteiger partial charge in [0.1, 0.15) is 29.8 Å². The molecule has 0 atom stereocenters. The smallest absolute Gasteiger partial charge is 0.335 e. The zero-order valence-electron chi connectivity index (χ0n) is 17.0. The topological polar surface area (TPSA) is 61.8 Å². The number of hydrogen-bond donors (Lipinski definition) is 0. The Morgan fingerprint density at radius 1 is 0.719 bits per heavy atom. The quantitative estimate of drug-likeness (QED) is 0.195. The highest BCUT2D eigenvalue weighted by Gasteiger charge is 2.09. The number of halogens is 1. The number of rotatable bonds is 8. The van der Waals surface area contributed by atoms with Crippen LogP contribution in [-0.4, -0.2) is 11.9 Å². The fourth-order valence-corrected chi connectivity index (χ4v) is 2.77. The minimum absolute atomic E-state index is 0.115. The van der Waals surface area contributed by atoms with Crippen LogP contribution in [0.2, 0.25) is 0 Å². The Bertz CT molecular complexity index is 1160. The number of carbonyl (C=O) groups excluding carboxylic acids is 2. The number of ether oxygens (including phenoxy) is 3. The van der Waals surface area contributed by atoms with Gasteiger partial charge in [0.15, 0.2) is 0 Å². The molecule has 0 heterocycles. The zero-order chi connectivity index (χ0) is 22.9. The van der Waals surface area contributed by atoms with Crippen LogP contribution in [0, 0.1) is 5.82 Å². The third-order valence-corrected chi connectivity index (χ3v) is 4.32. The van der Waals surface area contributed by atoms with Gasteiger partial charge in [0.25, 0.3) is 0 Å². The molecule has 0 saturated heterocycles. The molecular weight excluding hydrogens is 411 g/mol. The fourth-order valence-electron chi connectivity index (χ4n) is 2.77. The average molecular weight is 430 g/mol. The van der Waals surface area contributed by atoms with Gasteiger partial charge in [-0.1, -0.05) is 49.6 Å². The van der Waals surface area contributed by atoms with Crippen molar-refractivity contribution in [3.63, 3.8) is 0 Å². The zero-order valence-corrected chi connectivity index (χ0v) is 17.0. The predicted octanol–water partition coefficient (Wildman–Crippen LogP) is 5.83. The molecule has 0 spiro atoms. The first-order valence-electron chi connectivity index (χ1n) is 9.49. The lowest BCUT2D eigenvalue weighted by molar-refractivity contribution is -0.132. The van der Waals surface area contributed by atoms with Gasteiger partial charge in [-0.15, -0.1) is 0 Å². The third kappa shape index (κ3) is 5.79. The number of hydrogen-bond acceptors (Lipinski definition) is 5. The van der Waals surface area contributed by atoms with E-state index >= 15 is 0 Å². The molecule has 32 heavy (non-hydrogen) atoms. The summed E-state index contributed by atoms with van der Waals surface area (Å²) in [6, 6.07) is 18.9. The van der Waals surface area contributed by atoms with Crippen molar-refractivity contribution in [2.45, 2.75) is 0 Å². The van der Waals surface area contributed by atoms with Crippen LogP contribution in [0.3, 0.4) is 0 Å². The monoisotopic (exact) mass is 430 g/mol. The van der Waals surface area contributed by atoms with Gasteiger partial charge in [-0.05, 0) is 41.0 Å². The Kier molecular flexibility index (Phi) is 7.33. The van der Waals surface area contributed by atoms with E-state index in [2.05, 4.69) is 17.9 Å². The molecule has 3 aromatic carbocycles. The van der Waals surface area contributed by atoms with Crippen molar-refractivity contribution in [3.05, 3.63) is 110 Å². The van der Waals surface area contributed by atoms with Crippen LogP contribution in [0.1, 0.15) is 0 Å². The number of carbonyl (C=O) groups is 2. The molecule has 0 saturated carbocycles. The van der Waals surface area contributed by atoms with E-state index in [0.29, 0.717) is 16.9 Å². The first-order chi connectivity index (χ1) is 15.5. The van der Waals surface area contributed by atoms with E-state index in [1.54, 1.807) is 18.2 Å². The Morgan fingerprint density at radius 3 is 1.88 bits per heavy atom. The normalized spacial score (nSPS) is 10.4. The molecule has 0 aliphatic rings. The predicted molar refractivity (Wildman–Crippen MR) is 119 cm³/mol. The second-order valence-corrected chi connectivity index (χ2v) is 6.40. The standard InChI is InChI=1S/C26H19FO5/c1-3-25(28)31-16-15-30-21-11-9-19(10-12-21)18-5-7-20(8-6-18)23-14-13-22(17-24(23)27)32-26(29)4-2/h3-17H,1-2H2. The van der Waals surface area contributed by atoms with E-state index in [1.165, 1.54) is 12.3 Å². The van der Waals surface area contributed by atoms with Gasteiger partial charge >= 0.3 is 11.9 Å². The molecule has 160 valence electrons. The first-order valence-corrected chi connectivity index (χ1v) is 9.49.